The Morgan fingerprint density at radius 2 is 1.86 bits per heavy atom. The Hall–Kier alpha value is -2.36. The first-order valence-electron chi connectivity index (χ1n) is 6.64. The highest BCUT2D eigenvalue weighted by Crippen LogP contribution is 2.22. The quantitative estimate of drug-likeness (QED) is 0.631. The number of nitrogens with zero attached hydrogens (tertiary/aromatic N) is 1. The molecule has 3 nitrogen and oxygen atoms in total. The van der Waals surface area contributed by atoms with Gasteiger partial charge < -0.3 is 0 Å². The molecule has 1 amide bonds. The minimum atomic E-state index is -0.842. The van der Waals surface area contributed by atoms with E-state index in [0.29, 0.717) is 22.4 Å². The fourth-order valence-corrected chi connectivity index (χ4v) is 2.30. The van der Waals surface area contributed by atoms with E-state index < -0.39 is 11.8 Å². The minimum absolute atomic E-state index is 0.269. The summed E-state index contributed by atoms with van der Waals surface area (Å²) in [7, 11) is 0. The first kappa shape index (κ1) is 15.0. The van der Waals surface area contributed by atoms with Crippen molar-refractivity contribution in [2.24, 2.45) is 10.9 Å². The van der Waals surface area contributed by atoms with Gasteiger partial charge in [0.1, 0.15) is 11.7 Å². The van der Waals surface area contributed by atoms with Crippen LogP contribution in [0.3, 0.4) is 0 Å². The fraction of sp³-hybridized carbons (Fsp3) is 0.235. The van der Waals surface area contributed by atoms with Gasteiger partial charge in [-0.1, -0.05) is 17.7 Å². The van der Waals surface area contributed by atoms with E-state index in [-0.39, 0.29) is 11.6 Å². The van der Waals surface area contributed by atoms with Crippen molar-refractivity contribution >= 4 is 23.5 Å². The molecule has 0 bridgehead atoms. The number of Topliss-reactive ketones (excluding diaryl/α,β-unsaturated/α-hetero) is 1. The number of dihydropyridines is 1. The SMILES string of the molecule is CC1=CC(C)=NC(=O)C1C(=O)/C(C)=C/c1ccc(F)cc1. The van der Waals surface area contributed by atoms with Gasteiger partial charge in [0.05, 0.1) is 0 Å². The van der Waals surface area contributed by atoms with Gasteiger partial charge in [0.25, 0.3) is 5.91 Å². The molecule has 0 N–H and O–H groups in total. The van der Waals surface area contributed by atoms with E-state index in [1.165, 1.54) is 12.1 Å². The highest BCUT2D eigenvalue weighted by molar-refractivity contribution is 6.18. The number of carbonyl (C=O) groups excluding carboxylic acids is 2. The van der Waals surface area contributed by atoms with E-state index >= 15 is 0 Å². The Morgan fingerprint density at radius 1 is 1.24 bits per heavy atom. The summed E-state index contributed by atoms with van der Waals surface area (Å²) in [4.78, 5) is 28.2. The molecule has 2 rings (SSSR count). The summed E-state index contributed by atoms with van der Waals surface area (Å²) in [6.45, 7) is 5.13. The maximum atomic E-state index is 12.9. The number of halogens is 1. The minimum Gasteiger partial charge on any atom is -0.293 e. The van der Waals surface area contributed by atoms with Gasteiger partial charge in [0, 0.05) is 5.71 Å². The molecule has 1 aliphatic heterocycles. The van der Waals surface area contributed by atoms with Crippen LogP contribution in [-0.2, 0) is 9.59 Å². The van der Waals surface area contributed by atoms with E-state index in [2.05, 4.69) is 4.99 Å². The second kappa shape index (κ2) is 5.95. The van der Waals surface area contributed by atoms with Crippen LogP contribution in [0.15, 0.2) is 46.5 Å². The van der Waals surface area contributed by atoms with Crippen molar-refractivity contribution < 1.29 is 14.0 Å². The molecule has 1 unspecified atom stereocenters. The second-order valence-corrected chi connectivity index (χ2v) is 5.16. The van der Waals surface area contributed by atoms with Crippen LogP contribution < -0.4 is 0 Å². The van der Waals surface area contributed by atoms with E-state index in [1.807, 2.05) is 0 Å². The third-order valence-corrected chi connectivity index (χ3v) is 3.33. The van der Waals surface area contributed by atoms with Gasteiger partial charge in [-0.15, -0.1) is 0 Å². The number of carbonyl (C=O) groups is 2. The predicted molar refractivity (Wildman–Crippen MR) is 80.4 cm³/mol. The summed E-state index contributed by atoms with van der Waals surface area (Å²) in [5.41, 5.74) is 2.47. The largest absolute Gasteiger partial charge is 0.293 e. The van der Waals surface area contributed by atoms with E-state index in [0.717, 1.165) is 0 Å². The molecule has 0 spiro atoms. The van der Waals surface area contributed by atoms with Crippen LogP contribution in [0.25, 0.3) is 6.08 Å². The van der Waals surface area contributed by atoms with Crippen LogP contribution in [0.5, 0.6) is 0 Å². The number of ketones is 1. The maximum Gasteiger partial charge on any atom is 0.260 e. The van der Waals surface area contributed by atoms with Crippen LogP contribution in [0, 0.1) is 11.7 Å². The molecule has 1 atom stereocenters. The van der Waals surface area contributed by atoms with Crippen LogP contribution in [0.1, 0.15) is 26.3 Å². The van der Waals surface area contributed by atoms with Crippen LogP contribution in [0.2, 0.25) is 0 Å². The molecular weight excluding hydrogens is 269 g/mol. The smallest absolute Gasteiger partial charge is 0.260 e. The molecule has 0 aliphatic carbocycles. The Kier molecular flexibility index (Phi) is 4.26. The van der Waals surface area contributed by atoms with Crippen molar-refractivity contribution in [3.8, 4) is 0 Å². The second-order valence-electron chi connectivity index (χ2n) is 5.16. The Balaban J connectivity index is 2.26. The summed E-state index contributed by atoms with van der Waals surface area (Å²) in [5.74, 6) is -1.87. The van der Waals surface area contributed by atoms with Gasteiger partial charge in [-0.05, 0) is 56.2 Å². The Labute approximate surface area is 122 Å². The molecule has 4 heteroatoms. The lowest BCUT2D eigenvalue weighted by Gasteiger charge is -2.17. The van der Waals surface area contributed by atoms with Crippen LogP contribution in [-0.4, -0.2) is 17.4 Å². The zero-order valence-corrected chi connectivity index (χ0v) is 12.2. The molecule has 0 fully saturated rings. The summed E-state index contributed by atoms with van der Waals surface area (Å²) in [5, 5.41) is 0. The van der Waals surface area contributed by atoms with Crippen molar-refractivity contribution in [2.75, 3.05) is 0 Å². The lowest BCUT2D eigenvalue weighted by Crippen LogP contribution is -2.28. The molecule has 108 valence electrons. The third kappa shape index (κ3) is 3.40. The van der Waals surface area contributed by atoms with Crippen molar-refractivity contribution in [1.29, 1.82) is 0 Å². The lowest BCUT2D eigenvalue weighted by molar-refractivity contribution is -0.128. The van der Waals surface area contributed by atoms with Gasteiger partial charge in [0.2, 0.25) is 0 Å². The van der Waals surface area contributed by atoms with E-state index in [9.17, 15) is 14.0 Å². The first-order valence-corrected chi connectivity index (χ1v) is 6.64. The topological polar surface area (TPSA) is 46.5 Å². The summed E-state index contributed by atoms with van der Waals surface area (Å²) >= 11 is 0. The van der Waals surface area contributed by atoms with E-state index in [1.54, 1.807) is 45.1 Å². The number of benzene rings is 1. The molecule has 0 radical (unpaired) electrons. The number of hydrogen-bond donors (Lipinski definition) is 0. The van der Waals surface area contributed by atoms with E-state index in [4.69, 9.17) is 0 Å². The molecule has 1 aromatic carbocycles. The Morgan fingerprint density at radius 3 is 2.43 bits per heavy atom. The van der Waals surface area contributed by atoms with Crippen molar-refractivity contribution in [2.45, 2.75) is 20.8 Å². The monoisotopic (exact) mass is 285 g/mol. The molecule has 21 heavy (non-hydrogen) atoms. The van der Waals surface area contributed by atoms with Gasteiger partial charge >= 0.3 is 0 Å². The molecule has 1 aromatic rings. The summed E-state index contributed by atoms with van der Waals surface area (Å²) in [6.07, 6.45) is 3.39. The fourth-order valence-electron chi connectivity index (χ4n) is 2.30. The average Bonchev–Trinajstić information content (AvgIpc) is 2.40. The third-order valence-electron chi connectivity index (χ3n) is 3.33. The predicted octanol–water partition coefficient (Wildman–Crippen LogP) is 3.36. The number of aliphatic imine (C=N–C) groups is 1. The van der Waals surface area contributed by atoms with Crippen molar-refractivity contribution in [3.05, 3.63) is 52.9 Å². The lowest BCUT2D eigenvalue weighted by atomic mass is 9.88. The highest BCUT2D eigenvalue weighted by Gasteiger charge is 2.31. The van der Waals surface area contributed by atoms with Gasteiger partial charge in [0.15, 0.2) is 5.78 Å². The average molecular weight is 285 g/mol. The molecule has 0 saturated carbocycles. The summed E-state index contributed by atoms with van der Waals surface area (Å²) in [6, 6.07) is 5.82. The van der Waals surface area contributed by atoms with Crippen molar-refractivity contribution in [1.82, 2.24) is 0 Å². The normalized spacial score (nSPS) is 19.1. The standard InChI is InChI=1S/C17H16FNO2/c1-10-8-12(3)19-17(21)15(10)16(20)11(2)9-13-4-6-14(18)7-5-13/h4-9,15H,1-3H3/b11-9+. The number of rotatable bonds is 3. The number of amides is 1. The molecule has 0 aromatic heterocycles. The molecule has 1 aliphatic rings. The van der Waals surface area contributed by atoms with Crippen LogP contribution in [0.4, 0.5) is 4.39 Å². The van der Waals surface area contributed by atoms with Crippen LogP contribution >= 0.6 is 0 Å². The Bertz CT molecular complexity index is 681. The summed E-state index contributed by atoms with van der Waals surface area (Å²) < 4.78 is 12.9. The van der Waals surface area contributed by atoms with Crippen molar-refractivity contribution in [3.63, 3.8) is 0 Å². The molecular formula is C17H16FNO2. The number of allylic oxidation sites excluding steroid dienone is 2. The zero-order chi connectivity index (χ0) is 15.6. The molecule has 1 heterocycles. The number of hydrogen-bond acceptors (Lipinski definition) is 2. The highest BCUT2D eigenvalue weighted by atomic mass is 19.1. The van der Waals surface area contributed by atoms with Gasteiger partial charge in [-0.25, -0.2) is 9.38 Å². The first-order chi connectivity index (χ1) is 9.88. The molecule has 0 saturated heterocycles. The maximum absolute atomic E-state index is 12.9. The van der Waals surface area contributed by atoms with Gasteiger partial charge in [-0.3, -0.25) is 9.59 Å². The zero-order valence-electron chi connectivity index (χ0n) is 12.2. The van der Waals surface area contributed by atoms with Gasteiger partial charge in [-0.2, -0.15) is 0 Å².